The second-order valence-corrected chi connectivity index (χ2v) is 6.84. The summed E-state index contributed by atoms with van der Waals surface area (Å²) >= 11 is 6.04. The van der Waals surface area contributed by atoms with E-state index >= 15 is 0 Å². The van der Waals surface area contributed by atoms with Gasteiger partial charge in [0.1, 0.15) is 24.4 Å². The van der Waals surface area contributed by atoms with Gasteiger partial charge < -0.3 is 9.15 Å². The van der Waals surface area contributed by atoms with Crippen molar-refractivity contribution in [1.82, 2.24) is 19.6 Å². The van der Waals surface area contributed by atoms with Gasteiger partial charge in [0.25, 0.3) is 0 Å². The Hall–Kier alpha value is -3.38. The Kier molecular flexibility index (Phi) is 3.98. The Balaban J connectivity index is 1.41. The van der Waals surface area contributed by atoms with Crippen LogP contribution >= 0.6 is 11.6 Å². The number of ether oxygens (including phenoxy) is 1. The van der Waals surface area contributed by atoms with Crippen LogP contribution in [0.25, 0.3) is 28.1 Å². The van der Waals surface area contributed by atoms with Crippen LogP contribution in [0.2, 0.25) is 5.02 Å². The van der Waals surface area contributed by atoms with Gasteiger partial charge in [-0.2, -0.15) is 0 Å². The van der Waals surface area contributed by atoms with Crippen LogP contribution in [0.3, 0.4) is 0 Å². The lowest BCUT2D eigenvalue weighted by Gasteiger charge is -2.05. The molecule has 0 saturated heterocycles. The molecule has 3 aromatic heterocycles. The highest BCUT2D eigenvalue weighted by Crippen LogP contribution is 2.25. The van der Waals surface area contributed by atoms with Crippen LogP contribution in [0.5, 0.6) is 5.75 Å². The molecular weight excluding hydrogens is 376 g/mol. The SMILES string of the molecule is Cc1cc(OCc2ccc(-c3nc4c5ccccc5ncn4n3)o2)ccc1Cl. The van der Waals surface area contributed by atoms with Gasteiger partial charge in [-0.15, -0.1) is 5.10 Å². The molecule has 28 heavy (non-hydrogen) atoms. The Morgan fingerprint density at radius 1 is 1.11 bits per heavy atom. The van der Waals surface area contributed by atoms with Gasteiger partial charge in [-0.3, -0.25) is 0 Å². The summed E-state index contributed by atoms with van der Waals surface area (Å²) in [5.41, 5.74) is 2.58. The summed E-state index contributed by atoms with van der Waals surface area (Å²) in [6.07, 6.45) is 1.66. The zero-order valence-corrected chi connectivity index (χ0v) is 15.7. The zero-order valence-electron chi connectivity index (χ0n) is 15.0. The molecule has 0 atom stereocenters. The number of furan rings is 1. The van der Waals surface area contributed by atoms with Gasteiger partial charge in [-0.25, -0.2) is 14.5 Å². The minimum atomic E-state index is 0.304. The Labute approximate surface area is 165 Å². The van der Waals surface area contributed by atoms with Crippen LogP contribution < -0.4 is 4.74 Å². The van der Waals surface area contributed by atoms with Crippen molar-refractivity contribution in [3.05, 3.63) is 77.3 Å². The largest absolute Gasteiger partial charge is 0.486 e. The van der Waals surface area contributed by atoms with E-state index in [9.17, 15) is 0 Å². The molecule has 0 radical (unpaired) electrons. The molecule has 0 saturated carbocycles. The second-order valence-electron chi connectivity index (χ2n) is 6.43. The molecule has 6 nitrogen and oxygen atoms in total. The predicted octanol–water partition coefficient (Wildman–Crippen LogP) is 5.08. The average molecular weight is 391 g/mol. The van der Waals surface area contributed by atoms with Gasteiger partial charge in [-0.05, 0) is 55.0 Å². The summed E-state index contributed by atoms with van der Waals surface area (Å²) in [5.74, 6) is 2.51. The quantitative estimate of drug-likeness (QED) is 0.428. The third-order valence-electron chi connectivity index (χ3n) is 4.47. The molecule has 3 heterocycles. The third-order valence-corrected chi connectivity index (χ3v) is 4.90. The van der Waals surface area contributed by atoms with Crippen LogP contribution in [0.15, 0.2) is 65.3 Å². The molecular formula is C21H15ClN4O2. The Morgan fingerprint density at radius 2 is 2.00 bits per heavy atom. The average Bonchev–Trinajstić information content (AvgIpc) is 3.35. The van der Waals surface area contributed by atoms with Crippen LogP contribution in [0, 0.1) is 6.92 Å². The number of para-hydroxylation sites is 1. The lowest BCUT2D eigenvalue weighted by Crippen LogP contribution is -1.94. The maximum Gasteiger partial charge on any atom is 0.217 e. The van der Waals surface area contributed by atoms with Gasteiger partial charge in [0.15, 0.2) is 11.4 Å². The standard InChI is InChI=1S/C21H15ClN4O2/c1-13-10-14(6-8-17(13)22)27-11-15-7-9-19(28-15)20-24-21-16-4-2-3-5-18(16)23-12-26(21)25-20/h2-10,12H,11H2,1H3. The molecule has 0 amide bonds. The minimum absolute atomic E-state index is 0.304. The molecule has 0 unspecified atom stereocenters. The first-order valence-corrected chi connectivity index (χ1v) is 9.13. The number of fused-ring (bicyclic) bond motifs is 3. The van der Waals surface area contributed by atoms with E-state index < -0.39 is 0 Å². The molecule has 0 aliphatic carbocycles. The molecule has 0 spiro atoms. The van der Waals surface area contributed by atoms with Crippen molar-refractivity contribution in [2.75, 3.05) is 0 Å². The molecule has 5 aromatic rings. The van der Waals surface area contributed by atoms with Crippen molar-refractivity contribution >= 4 is 28.2 Å². The van der Waals surface area contributed by atoms with E-state index in [1.54, 1.807) is 10.8 Å². The number of hydrogen-bond acceptors (Lipinski definition) is 5. The van der Waals surface area contributed by atoms with Gasteiger partial charge in [0.2, 0.25) is 5.82 Å². The molecule has 138 valence electrons. The first-order valence-electron chi connectivity index (χ1n) is 8.75. The summed E-state index contributed by atoms with van der Waals surface area (Å²) in [6.45, 7) is 2.24. The summed E-state index contributed by atoms with van der Waals surface area (Å²) in [4.78, 5) is 9.02. The number of rotatable bonds is 4. The lowest BCUT2D eigenvalue weighted by atomic mass is 10.2. The van der Waals surface area contributed by atoms with Crippen LogP contribution in [0.1, 0.15) is 11.3 Å². The van der Waals surface area contributed by atoms with Crippen molar-refractivity contribution in [1.29, 1.82) is 0 Å². The van der Waals surface area contributed by atoms with E-state index in [1.165, 1.54) is 0 Å². The molecule has 0 aliphatic heterocycles. The van der Waals surface area contributed by atoms with Gasteiger partial charge in [0.05, 0.1) is 5.52 Å². The van der Waals surface area contributed by atoms with Crippen LogP contribution in [-0.2, 0) is 6.61 Å². The highest BCUT2D eigenvalue weighted by atomic mass is 35.5. The zero-order chi connectivity index (χ0) is 19.1. The molecule has 7 heteroatoms. The summed E-state index contributed by atoms with van der Waals surface area (Å²) < 4.78 is 13.3. The molecule has 2 aromatic carbocycles. The van der Waals surface area contributed by atoms with Crippen LogP contribution in [-0.4, -0.2) is 19.6 Å². The van der Waals surface area contributed by atoms with Crippen molar-refractivity contribution in [2.45, 2.75) is 13.5 Å². The molecule has 5 rings (SSSR count). The number of halogens is 1. The number of nitrogens with zero attached hydrogens (tertiary/aromatic N) is 4. The van der Waals surface area contributed by atoms with Gasteiger partial charge in [0, 0.05) is 10.4 Å². The van der Waals surface area contributed by atoms with Crippen molar-refractivity contribution in [3.8, 4) is 17.3 Å². The molecule has 0 N–H and O–H groups in total. The number of hydrogen-bond donors (Lipinski definition) is 0. The van der Waals surface area contributed by atoms with E-state index in [0.717, 1.165) is 27.9 Å². The summed E-state index contributed by atoms with van der Waals surface area (Å²) in [6, 6.07) is 17.1. The Morgan fingerprint density at radius 3 is 2.89 bits per heavy atom. The fourth-order valence-corrected chi connectivity index (χ4v) is 3.14. The highest BCUT2D eigenvalue weighted by Gasteiger charge is 2.13. The smallest absolute Gasteiger partial charge is 0.217 e. The van der Waals surface area contributed by atoms with Gasteiger partial charge >= 0.3 is 0 Å². The first kappa shape index (κ1) is 16.8. The van der Waals surface area contributed by atoms with Crippen LogP contribution in [0.4, 0.5) is 0 Å². The fraction of sp³-hybridized carbons (Fsp3) is 0.0952. The minimum Gasteiger partial charge on any atom is -0.486 e. The van der Waals surface area contributed by atoms with Crippen molar-refractivity contribution in [3.63, 3.8) is 0 Å². The highest BCUT2D eigenvalue weighted by molar-refractivity contribution is 6.31. The van der Waals surface area contributed by atoms with Crippen molar-refractivity contribution < 1.29 is 9.15 Å². The first-order chi connectivity index (χ1) is 13.7. The second kappa shape index (κ2) is 6.65. The van der Waals surface area contributed by atoms with E-state index in [-0.39, 0.29) is 0 Å². The normalized spacial score (nSPS) is 11.4. The topological polar surface area (TPSA) is 65.5 Å². The van der Waals surface area contributed by atoms with E-state index in [2.05, 4.69) is 15.1 Å². The monoisotopic (exact) mass is 390 g/mol. The van der Waals surface area contributed by atoms with E-state index in [0.29, 0.717) is 29.0 Å². The third kappa shape index (κ3) is 2.97. The number of benzene rings is 2. The Bertz CT molecular complexity index is 1310. The molecule has 0 fully saturated rings. The van der Waals surface area contributed by atoms with E-state index in [4.69, 9.17) is 20.8 Å². The fourth-order valence-electron chi connectivity index (χ4n) is 3.02. The maximum absolute atomic E-state index is 6.04. The number of aryl methyl sites for hydroxylation is 1. The summed E-state index contributed by atoms with van der Waals surface area (Å²) in [5, 5.41) is 6.14. The van der Waals surface area contributed by atoms with E-state index in [1.807, 2.05) is 61.5 Å². The summed E-state index contributed by atoms with van der Waals surface area (Å²) in [7, 11) is 0. The van der Waals surface area contributed by atoms with Crippen molar-refractivity contribution in [2.24, 2.45) is 0 Å². The molecule has 0 bridgehead atoms. The maximum atomic E-state index is 6.04. The lowest BCUT2D eigenvalue weighted by molar-refractivity contribution is 0.271. The number of aromatic nitrogens is 4. The predicted molar refractivity (Wildman–Crippen MR) is 107 cm³/mol. The van der Waals surface area contributed by atoms with Gasteiger partial charge in [-0.1, -0.05) is 23.7 Å². The molecule has 0 aliphatic rings.